The monoisotopic (exact) mass is 440 g/mol. The fourth-order valence-corrected chi connectivity index (χ4v) is 5.06. The molecule has 0 atom stereocenters. The van der Waals surface area contributed by atoms with Crippen molar-refractivity contribution in [3.63, 3.8) is 0 Å². The van der Waals surface area contributed by atoms with Gasteiger partial charge < -0.3 is 11.5 Å². The Morgan fingerprint density at radius 1 is 0.656 bits per heavy atom. The van der Waals surface area contributed by atoms with Gasteiger partial charge in [-0.15, -0.1) is 0 Å². The highest BCUT2D eigenvalue weighted by molar-refractivity contribution is 5.82. The molecule has 0 radical (unpaired) electrons. The second-order valence-electron chi connectivity index (χ2n) is 9.91. The molecule has 0 unspecified atom stereocenters. The second-order valence-corrected chi connectivity index (χ2v) is 9.91. The lowest BCUT2D eigenvalue weighted by Gasteiger charge is -2.31. The lowest BCUT2D eigenvalue weighted by molar-refractivity contribution is -0.131. The Morgan fingerprint density at radius 3 is 1.53 bits per heavy atom. The molecule has 0 heterocycles. The van der Waals surface area contributed by atoms with E-state index in [9.17, 15) is 9.59 Å². The van der Waals surface area contributed by atoms with Gasteiger partial charge in [0.25, 0.3) is 0 Å². The molecule has 2 saturated carbocycles. The van der Waals surface area contributed by atoms with Crippen molar-refractivity contribution in [3.8, 4) is 23.7 Å². The van der Waals surface area contributed by atoms with E-state index in [0.717, 1.165) is 51.4 Å². The molecule has 0 aromatic heterocycles. The maximum atomic E-state index is 12.2. The zero-order valence-corrected chi connectivity index (χ0v) is 20.1. The maximum absolute atomic E-state index is 12.2. The van der Waals surface area contributed by atoms with Crippen molar-refractivity contribution in [2.24, 2.45) is 28.7 Å². The third-order valence-corrected chi connectivity index (χ3v) is 7.18. The van der Waals surface area contributed by atoms with Gasteiger partial charge in [-0.05, 0) is 75.0 Å². The predicted octanol–water partition coefficient (Wildman–Crippen LogP) is 5.62. The highest BCUT2D eigenvalue weighted by Crippen LogP contribution is 2.60. The minimum Gasteiger partial charge on any atom is -0.370 e. The SMILES string of the molecule is NC(=O)CCCCCCCCC#CC#CCCCCCCCC(C(N)=O)(C1CC1)C1CC1. The number of rotatable bonds is 18. The predicted molar refractivity (Wildman–Crippen MR) is 131 cm³/mol. The zero-order valence-electron chi connectivity index (χ0n) is 20.1. The summed E-state index contributed by atoms with van der Waals surface area (Å²) >= 11 is 0. The van der Waals surface area contributed by atoms with Crippen LogP contribution >= 0.6 is 0 Å². The van der Waals surface area contributed by atoms with Crippen LogP contribution in [0.25, 0.3) is 0 Å². The van der Waals surface area contributed by atoms with Gasteiger partial charge in [0.2, 0.25) is 11.8 Å². The maximum Gasteiger partial charge on any atom is 0.224 e. The summed E-state index contributed by atoms with van der Waals surface area (Å²) in [5, 5.41) is 0. The summed E-state index contributed by atoms with van der Waals surface area (Å²) in [6.45, 7) is 0. The summed E-state index contributed by atoms with van der Waals surface area (Å²) in [4.78, 5) is 22.8. The van der Waals surface area contributed by atoms with Crippen LogP contribution in [0.2, 0.25) is 0 Å². The number of hydrogen-bond donors (Lipinski definition) is 2. The number of amides is 2. The molecular weight excluding hydrogens is 396 g/mol. The molecule has 2 amide bonds. The lowest BCUT2D eigenvalue weighted by Crippen LogP contribution is -2.41. The standard InChI is InChI=1S/C28H44N2O2/c29-26(31)18-16-14-12-10-8-6-4-2-1-3-5-7-9-11-13-15-17-23-28(27(30)32,24-19-20-24)25-21-22-25/h24-25H,4,6-23H2,(H2,29,31)(H2,30,32). The molecule has 0 saturated heterocycles. The normalized spacial score (nSPS) is 15.4. The van der Waals surface area contributed by atoms with Crippen molar-refractivity contribution < 1.29 is 9.59 Å². The van der Waals surface area contributed by atoms with Crippen molar-refractivity contribution >= 4 is 11.8 Å². The van der Waals surface area contributed by atoms with Crippen LogP contribution in [0.3, 0.4) is 0 Å². The van der Waals surface area contributed by atoms with E-state index in [1.807, 2.05) is 0 Å². The number of carbonyl (C=O) groups is 2. The van der Waals surface area contributed by atoms with Gasteiger partial charge in [0.05, 0.1) is 5.41 Å². The molecule has 32 heavy (non-hydrogen) atoms. The van der Waals surface area contributed by atoms with Crippen molar-refractivity contribution in [2.75, 3.05) is 0 Å². The Morgan fingerprint density at radius 2 is 1.09 bits per heavy atom. The second kappa shape index (κ2) is 15.0. The zero-order chi connectivity index (χ0) is 23.1. The van der Waals surface area contributed by atoms with E-state index in [4.69, 9.17) is 11.5 Å². The number of primary amides is 2. The van der Waals surface area contributed by atoms with E-state index < -0.39 is 0 Å². The van der Waals surface area contributed by atoms with Crippen LogP contribution in [0.15, 0.2) is 0 Å². The van der Waals surface area contributed by atoms with Gasteiger partial charge in [0.1, 0.15) is 0 Å². The van der Waals surface area contributed by atoms with Crippen LogP contribution in [-0.2, 0) is 9.59 Å². The molecule has 2 aliphatic rings. The molecule has 2 rings (SSSR count). The smallest absolute Gasteiger partial charge is 0.224 e. The van der Waals surface area contributed by atoms with Crippen LogP contribution < -0.4 is 11.5 Å². The van der Waals surface area contributed by atoms with E-state index >= 15 is 0 Å². The Hall–Kier alpha value is -1.94. The van der Waals surface area contributed by atoms with E-state index in [2.05, 4.69) is 23.7 Å². The van der Waals surface area contributed by atoms with Gasteiger partial charge in [0, 0.05) is 19.3 Å². The number of unbranched alkanes of at least 4 members (excludes halogenated alkanes) is 11. The van der Waals surface area contributed by atoms with Gasteiger partial charge in [-0.2, -0.15) is 0 Å². The molecular formula is C28H44N2O2. The van der Waals surface area contributed by atoms with Crippen LogP contribution in [0.5, 0.6) is 0 Å². The highest BCUT2D eigenvalue weighted by atomic mass is 16.1. The average Bonchev–Trinajstić information content (AvgIpc) is 3.65. The first-order chi connectivity index (χ1) is 15.6. The van der Waals surface area contributed by atoms with E-state index in [1.165, 1.54) is 64.2 Å². The average molecular weight is 441 g/mol. The molecule has 0 aromatic carbocycles. The number of nitrogens with two attached hydrogens (primary N) is 2. The summed E-state index contributed by atoms with van der Waals surface area (Å²) in [6.07, 6.45) is 20.8. The minimum atomic E-state index is -0.193. The van der Waals surface area contributed by atoms with Crippen molar-refractivity contribution in [3.05, 3.63) is 0 Å². The summed E-state index contributed by atoms with van der Waals surface area (Å²) in [6, 6.07) is 0. The third-order valence-electron chi connectivity index (χ3n) is 7.18. The Balaban J connectivity index is 1.40. The molecule has 0 aromatic rings. The van der Waals surface area contributed by atoms with Crippen molar-refractivity contribution in [1.29, 1.82) is 0 Å². The van der Waals surface area contributed by atoms with Gasteiger partial charge in [-0.25, -0.2) is 0 Å². The van der Waals surface area contributed by atoms with Gasteiger partial charge >= 0.3 is 0 Å². The van der Waals surface area contributed by atoms with Crippen LogP contribution in [0.4, 0.5) is 0 Å². The van der Waals surface area contributed by atoms with Crippen LogP contribution in [0.1, 0.15) is 122 Å². The van der Waals surface area contributed by atoms with E-state index in [0.29, 0.717) is 18.3 Å². The topological polar surface area (TPSA) is 86.2 Å². The summed E-state index contributed by atoms with van der Waals surface area (Å²) < 4.78 is 0. The van der Waals surface area contributed by atoms with E-state index in [1.54, 1.807) is 0 Å². The molecule has 2 fully saturated rings. The summed E-state index contributed by atoms with van der Waals surface area (Å²) in [7, 11) is 0. The van der Waals surface area contributed by atoms with Gasteiger partial charge in [0.15, 0.2) is 0 Å². The minimum absolute atomic E-state index is 0.0176. The number of hydrogen-bond acceptors (Lipinski definition) is 2. The van der Waals surface area contributed by atoms with Crippen LogP contribution in [-0.4, -0.2) is 11.8 Å². The molecule has 178 valence electrons. The lowest BCUT2D eigenvalue weighted by atomic mass is 9.73. The fraction of sp³-hybridized carbons (Fsp3) is 0.786. The largest absolute Gasteiger partial charge is 0.370 e. The summed E-state index contributed by atoms with van der Waals surface area (Å²) in [5.41, 5.74) is 10.8. The first kappa shape index (κ1) is 26.3. The molecule has 0 aliphatic heterocycles. The molecule has 4 nitrogen and oxygen atoms in total. The number of carbonyl (C=O) groups excluding carboxylic acids is 2. The molecule has 2 aliphatic carbocycles. The molecule has 4 heteroatoms. The fourth-order valence-electron chi connectivity index (χ4n) is 5.06. The Labute approximate surface area is 196 Å². The highest BCUT2D eigenvalue weighted by Gasteiger charge is 2.57. The molecule has 0 bridgehead atoms. The van der Waals surface area contributed by atoms with E-state index in [-0.39, 0.29) is 17.2 Å². The quantitative estimate of drug-likeness (QED) is 0.214. The molecule has 0 spiro atoms. The Kier molecular flexibility index (Phi) is 12.3. The first-order valence-electron chi connectivity index (χ1n) is 13.1. The van der Waals surface area contributed by atoms with Gasteiger partial charge in [-0.1, -0.05) is 63.2 Å². The van der Waals surface area contributed by atoms with Crippen molar-refractivity contribution in [1.82, 2.24) is 0 Å². The van der Waals surface area contributed by atoms with Gasteiger partial charge in [-0.3, -0.25) is 9.59 Å². The third kappa shape index (κ3) is 10.1. The van der Waals surface area contributed by atoms with Crippen LogP contribution in [0, 0.1) is 40.9 Å². The molecule has 4 N–H and O–H groups in total. The first-order valence-corrected chi connectivity index (χ1v) is 13.1. The van der Waals surface area contributed by atoms with Crippen molar-refractivity contribution in [2.45, 2.75) is 122 Å². The Bertz CT molecular complexity index is 686. The summed E-state index contributed by atoms with van der Waals surface area (Å²) in [5.74, 6) is 13.2.